The van der Waals surface area contributed by atoms with Crippen LogP contribution in [0.3, 0.4) is 0 Å². The van der Waals surface area contributed by atoms with Gasteiger partial charge in [0.15, 0.2) is 0 Å². The molecule has 0 radical (unpaired) electrons. The Hall–Kier alpha value is -2.91. The third kappa shape index (κ3) is 4.63. The number of fused-ring (bicyclic) bond motifs is 1. The first kappa shape index (κ1) is 23.7. The Labute approximate surface area is 192 Å². The molecule has 2 aromatic carbocycles. The van der Waals surface area contributed by atoms with Gasteiger partial charge in [-0.25, -0.2) is 12.7 Å². The number of hydrogen-bond acceptors (Lipinski definition) is 5. The molecule has 10 heteroatoms. The van der Waals surface area contributed by atoms with E-state index in [1.54, 1.807) is 43.3 Å². The summed E-state index contributed by atoms with van der Waals surface area (Å²) in [6, 6.07) is 12.3. The van der Waals surface area contributed by atoms with Crippen LogP contribution in [0.4, 0.5) is 0 Å². The first-order valence-corrected chi connectivity index (χ1v) is 11.9. The summed E-state index contributed by atoms with van der Waals surface area (Å²) in [5, 5.41) is 3.00. The van der Waals surface area contributed by atoms with Crippen LogP contribution in [0, 0.1) is 0 Å². The predicted molar refractivity (Wildman–Crippen MR) is 119 cm³/mol. The van der Waals surface area contributed by atoms with Gasteiger partial charge in [0.1, 0.15) is 10.9 Å². The van der Waals surface area contributed by atoms with Crippen LogP contribution in [0.2, 0.25) is 5.02 Å². The number of nitrogens with zero attached hydrogens (tertiary/aromatic N) is 2. The monoisotopic (exact) mass is 477 g/mol. The van der Waals surface area contributed by atoms with Crippen molar-refractivity contribution in [1.29, 1.82) is 0 Å². The highest BCUT2D eigenvalue weighted by Gasteiger charge is 2.40. The highest BCUT2D eigenvalue weighted by atomic mass is 35.5. The van der Waals surface area contributed by atoms with E-state index in [0.29, 0.717) is 10.6 Å². The number of carbonyl (C=O) groups excluding carboxylic acids is 3. The molecule has 8 nitrogen and oxygen atoms in total. The van der Waals surface area contributed by atoms with E-state index in [-0.39, 0.29) is 48.2 Å². The van der Waals surface area contributed by atoms with Crippen molar-refractivity contribution in [3.8, 4) is 0 Å². The molecule has 0 fully saturated rings. The SMILES string of the molecule is CNC(=O)C(C)N(Cc1ccccc1Cl)C(=O)CCCN1C(=O)c2ccccc2S1(=O)=O. The lowest BCUT2D eigenvalue weighted by atomic mass is 10.1. The summed E-state index contributed by atoms with van der Waals surface area (Å²) in [7, 11) is -2.44. The van der Waals surface area contributed by atoms with Gasteiger partial charge in [-0.05, 0) is 37.1 Å². The van der Waals surface area contributed by atoms with Crippen molar-refractivity contribution in [3.63, 3.8) is 0 Å². The maximum atomic E-state index is 13.0. The number of halogens is 1. The molecule has 1 atom stereocenters. The summed E-state index contributed by atoms with van der Waals surface area (Å²) < 4.78 is 26.1. The van der Waals surface area contributed by atoms with Crippen LogP contribution < -0.4 is 5.32 Å². The quantitative estimate of drug-likeness (QED) is 0.628. The van der Waals surface area contributed by atoms with Gasteiger partial charge in [-0.2, -0.15) is 0 Å². The van der Waals surface area contributed by atoms with E-state index < -0.39 is 22.0 Å². The van der Waals surface area contributed by atoms with Gasteiger partial charge in [0.2, 0.25) is 11.8 Å². The molecule has 0 spiro atoms. The molecule has 0 saturated carbocycles. The Morgan fingerprint density at radius 1 is 1.12 bits per heavy atom. The first-order chi connectivity index (χ1) is 15.2. The Bertz CT molecular complexity index is 1150. The van der Waals surface area contributed by atoms with Crippen LogP contribution >= 0.6 is 11.6 Å². The normalized spacial score (nSPS) is 15.2. The third-order valence-corrected chi connectivity index (χ3v) is 7.59. The molecule has 1 aliphatic heterocycles. The van der Waals surface area contributed by atoms with Crippen LogP contribution in [0.15, 0.2) is 53.4 Å². The summed E-state index contributed by atoms with van der Waals surface area (Å²) in [5.41, 5.74) is 0.818. The lowest BCUT2D eigenvalue weighted by Gasteiger charge is -2.29. The van der Waals surface area contributed by atoms with Crippen LogP contribution in [-0.4, -0.2) is 55.0 Å². The smallest absolute Gasteiger partial charge is 0.269 e. The number of carbonyl (C=O) groups is 3. The summed E-state index contributed by atoms with van der Waals surface area (Å²) in [6.07, 6.45) is 0.0821. The molecule has 1 unspecified atom stereocenters. The molecule has 3 amide bonds. The van der Waals surface area contributed by atoms with Gasteiger partial charge < -0.3 is 10.2 Å². The Balaban J connectivity index is 1.71. The van der Waals surface area contributed by atoms with Crippen molar-refractivity contribution in [3.05, 3.63) is 64.7 Å². The topological polar surface area (TPSA) is 104 Å². The van der Waals surface area contributed by atoms with Crippen LogP contribution in [0.1, 0.15) is 35.7 Å². The first-order valence-electron chi connectivity index (χ1n) is 10.1. The zero-order chi connectivity index (χ0) is 23.5. The van der Waals surface area contributed by atoms with E-state index in [9.17, 15) is 22.8 Å². The third-order valence-electron chi connectivity index (χ3n) is 5.38. The van der Waals surface area contributed by atoms with E-state index >= 15 is 0 Å². The largest absolute Gasteiger partial charge is 0.357 e. The van der Waals surface area contributed by atoms with Gasteiger partial charge in [0, 0.05) is 31.6 Å². The minimum absolute atomic E-state index is 0.0232. The fraction of sp³-hybridized carbons (Fsp3) is 0.318. The summed E-state index contributed by atoms with van der Waals surface area (Å²) >= 11 is 6.22. The predicted octanol–water partition coefficient (Wildman–Crippen LogP) is 2.43. The van der Waals surface area contributed by atoms with Crippen LogP contribution in [0.25, 0.3) is 0 Å². The zero-order valence-corrected chi connectivity index (χ0v) is 19.3. The number of likely N-dealkylation sites (N-methyl/N-ethyl adjacent to an activating group) is 1. The van der Waals surface area contributed by atoms with Crippen LogP contribution in [-0.2, 0) is 26.2 Å². The number of nitrogens with one attached hydrogen (secondary N) is 1. The highest BCUT2D eigenvalue weighted by Crippen LogP contribution is 2.30. The van der Waals surface area contributed by atoms with Crippen molar-refractivity contribution < 1.29 is 22.8 Å². The van der Waals surface area contributed by atoms with E-state index in [4.69, 9.17) is 11.6 Å². The summed E-state index contributed by atoms with van der Waals surface area (Å²) in [5.74, 6) is -1.28. The van der Waals surface area contributed by atoms with Gasteiger partial charge >= 0.3 is 0 Å². The molecule has 0 aliphatic carbocycles. The number of amides is 3. The maximum absolute atomic E-state index is 13.0. The molecule has 170 valence electrons. The molecule has 2 aromatic rings. The van der Waals surface area contributed by atoms with E-state index in [0.717, 1.165) is 4.31 Å². The zero-order valence-electron chi connectivity index (χ0n) is 17.7. The number of rotatable bonds is 8. The lowest BCUT2D eigenvalue weighted by Crippen LogP contribution is -2.46. The minimum atomic E-state index is -3.92. The molecule has 0 aromatic heterocycles. The molecule has 0 bridgehead atoms. The van der Waals surface area contributed by atoms with Crippen molar-refractivity contribution in [2.75, 3.05) is 13.6 Å². The second-order valence-corrected chi connectivity index (χ2v) is 9.62. The van der Waals surface area contributed by atoms with E-state index in [1.165, 1.54) is 24.1 Å². The van der Waals surface area contributed by atoms with Gasteiger partial charge in [-0.1, -0.05) is 41.9 Å². The van der Waals surface area contributed by atoms with Gasteiger partial charge in [-0.3, -0.25) is 14.4 Å². The van der Waals surface area contributed by atoms with Crippen LogP contribution in [0.5, 0.6) is 0 Å². The van der Waals surface area contributed by atoms with Crippen molar-refractivity contribution in [2.45, 2.75) is 37.2 Å². The van der Waals surface area contributed by atoms with E-state index in [1.807, 2.05) is 0 Å². The molecular formula is C22H24ClN3O5S. The number of sulfonamides is 1. The fourth-order valence-electron chi connectivity index (χ4n) is 3.57. The molecule has 1 heterocycles. The molecule has 1 N–H and O–H groups in total. The Morgan fingerprint density at radius 2 is 1.78 bits per heavy atom. The van der Waals surface area contributed by atoms with Gasteiger partial charge in [0.25, 0.3) is 15.9 Å². The van der Waals surface area contributed by atoms with Crippen molar-refractivity contribution in [1.82, 2.24) is 14.5 Å². The van der Waals surface area contributed by atoms with E-state index in [2.05, 4.69) is 5.32 Å². The summed E-state index contributed by atoms with van der Waals surface area (Å²) in [4.78, 5) is 39.1. The summed E-state index contributed by atoms with van der Waals surface area (Å²) in [6.45, 7) is 1.61. The molecule has 1 aliphatic rings. The van der Waals surface area contributed by atoms with Crippen molar-refractivity contribution in [2.24, 2.45) is 0 Å². The Morgan fingerprint density at radius 3 is 2.44 bits per heavy atom. The molecule has 0 saturated heterocycles. The Kier molecular flexibility index (Phi) is 7.20. The second kappa shape index (κ2) is 9.70. The maximum Gasteiger partial charge on any atom is 0.269 e. The number of hydrogen-bond donors (Lipinski definition) is 1. The number of benzene rings is 2. The standard InChI is InChI=1S/C22H24ClN3O5S/c1-15(21(28)24-2)25(14-16-8-3-5-10-18(16)23)20(27)12-7-13-26-22(29)17-9-4-6-11-19(17)32(26,30)31/h3-6,8-11,15H,7,12-14H2,1-2H3,(H,24,28). The molecular weight excluding hydrogens is 454 g/mol. The molecule has 3 rings (SSSR count). The van der Waals surface area contributed by atoms with Crippen molar-refractivity contribution >= 4 is 39.3 Å². The average Bonchev–Trinajstić information content (AvgIpc) is 2.98. The molecule has 32 heavy (non-hydrogen) atoms. The minimum Gasteiger partial charge on any atom is -0.357 e. The fourth-order valence-corrected chi connectivity index (χ4v) is 5.37. The lowest BCUT2D eigenvalue weighted by molar-refractivity contribution is -0.140. The average molecular weight is 478 g/mol. The van der Waals surface area contributed by atoms with Gasteiger partial charge in [0.05, 0.1) is 5.56 Å². The van der Waals surface area contributed by atoms with Gasteiger partial charge in [-0.15, -0.1) is 0 Å². The second-order valence-electron chi connectivity index (χ2n) is 7.39. The highest BCUT2D eigenvalue weighted by molar-refractivity contribution is 7.90.